The van der Waals surface area contributed by atoms with Gasteiger partial charge in [0.1, 0.15) is 0 Å². The molecule has 1 atom stereocenters. The Balaban J connectivity index is 1.67. The van der Waals surface area contributed by atoms with E-state index in [0.717, 1.165) is 19.5 Å². The maximum atomic E-state index is 11.9. The zero-order chi connectivity index (χ0) is 10.3. The van der Waals surface area contributed by atoms with Crippen LogP contribution in [-0.4, -0.2) is 25.0 Å². The summed E-state index contributed by atoms with van der Waals surface area (Å²) < 4.78 is 0. The van der Waals surface area contributed by atoms with E-state index in [4.69, 9.17) is 0 Å². The van der Waals surface area contributed by atoms with Crippen molar-refractivity contribution >= 4 is 5.91 Å². The van der Waals surface area contributed by atoms with Gasteiger partial charge in [-0.2, -0.15) is 0 Å². The van der Waals surface area contributed by atoms with Crippen molar-refractivity contribution in [3.8, 4) is 0 Å². The first-order valence-electron chi connectivity index (χ1n) is 5.43. The van der Waals surface area contributed by atoms with Gasteiger partial charge in [0.25, 0.3) is 0 Å². The first-order chi connectivity index (χ1) is 7.34. The molecular weight excluding hydrogens is 188 g/mol. The van der Waals surface area contributed by atoms with Crippen molar-refractivity contribution in [2.45, 2.75) is 18.4 Å². The third kappa shape index (κ3) is 1.43. The van der Waals surface area contributed by atoms with Crippen LogP contribution in [-0.2, 0) is 11.2 Å². The first-order valence-corrected chi connectivity index (χ1v) is 5.43. The summed E-state index contributed by atoms with van der Waals surface area (Å²) in [5.41, 5.74) is 2.53. The molecule has 78 valence electrons. The van der Waals surface area contributed by atoms with Crippen LogP contribution in [0.1, 0.15) is 17.0 Å². The Kier molecular flexibility index (Phi) is 1.99. The van der Waals surface area contributed by atoms with Gasteiger partial charge in [-0.1, -0.05) is 24.3 Å². The smallest absolute Gasteiger partial charge is 0.228 e. The van der Waals surface area contributed by atoms with Crippen LogP contribution >= 0.6 is 0 Å². The Morgan fingerprint density at radius 2 is 2.13 bits per heavy atom. The molecule has 2 aliphatic rings. The largest absolute Gasteiger partial charge is 0.350 e. The summed E-state index contributed by atoms with van der Waals surface area (Å²) in [7, 11) is 0. The summed E-state index contributed by atoms with van der Waals surface area (Å²) in [6, 6.07) is 8.54. The second kappa shape index (κ2) is 3.35. The summed E-state index contributed by atoms with van der Waals surface area (Å²) in [5, 5.41) is 6.20. The maximum Gasteiger partial charge on any atom is 0.228 e. The van der Waals surface area contributed by atoms with Crippen LogP contribution in [0.5, 0.6) is 0 Å². The van der Waals surface area contributed by atoms with E-state index in [1.165, 1.54) is 11.1 Å². The Morgan fingerprint density at radius 3 is 2.80 bits per heavy atom. The topological polar surface area (TPSA) is 41.1 Å². The van der Waals surface area contributed by atoms with Crippen molar-refractivity contribution in [2.75, 3.05) is 13.1 Å². The van der Waals surface area contributed by atoms with Gasteiger partial charge in [-0.15, -0.1) is 0 Å². The van der Waals surface area contributed by atoms with Crippen LogP contribution in [0.25, 0.3) is 0 Å². The van der Waals surface area contributed by atoms with Gasteiger partial charge >= 0.3 is 0 Å². The van der Waals surface area contributed by atoms with Crippen LogP contribution in [0.15, 0.2) is 24.3 Å². The minimum Gasteiger partial charge on any atom is -0.350 e. The van der Waals surface area contributed by atoms with E-state index in [1.807, 2.05) is 12.1 Å². The Labute approximate surface area is 88.9 Å². The number of benzene rings is 1. The molecule has 0 aromatic heterocycles. The minimum atomic E-state index is 0.0989. The van der Waals surface area contributed by atoms with E-state index in [0.29, 0.717) is 6.04 Å². The molecule has 0 bridgehead atoms. The standard InChI is InChI=1S/C12H14N2O/c15-12(14-9-6-13-7-9)11-5-8-3-1-2-4-10(8)11/h1-4,9,11,13H,5-7H2,(H,14,15). The Morgan fingerprint density at radius 1 is 1.33 bits per heavy atom. The van der Waals surface area contributed by atoms with Crippen molar-refractivity contribution in [2.24, 2.45) is 0 Å². The lowest BCUT2D eigenvalue weighted by atomic mass is 9.77. The van der Waals surface area contributed by atoms with Crippen molar-refractivity contribution in [3.63, 3.8) is 0 Å². The average molecular weight is 202 g/mol. The first kappa shape index (κ1) is 8.92. The fourth-order valence-corrected chi connectivity index (χ4v) is 2.19. The highest BCUT2D eigenvalue weighted by Gasteiger charge is 2.33. The summed E-state index contributed by atoms with van der Waals surface area (Å²) in [6.45, 7) is 1.83. The van der Waals surface area contributed by atoms with Gasteiger partial charge < -0.3 is 10.6 Å². The van der Waals surface area contributed by atoms with Gasteiger partial charge in [0.2, 0.25) is 5.91 Å². The van der Waals surface area contributed by atoms with E-state index in [1.54, 1.807) is 0 Å². The second-order valence-corrected chi connectivity index (χ2v) is 4.32. The molecule has 0 radical (unpaired) electrons. The van der Waals surface area contributed by atoms with Gasteiger partial charge in [0.05, 0.1) is 12.0 Å². The molecule has 1 aromatic rings. The quantitative estimate of drug-likeness (QED) is 0.729. The fourth-order valence-electron chi connectivity index (χ4n) is 2.19. The molecule has 3 heteroatoms. The molecule has 1 aliphatic carbocycles. The van der Waals surface area contributed by atoms with Gasteiger partial charge in [0, 0.05) is 13.1 Å². The summed E-state index contributed by atoms with van der Waals surface area (Å²) >= 11 is 0. The van der Waals surface area contributed by atoms with Crippen molar-refractivity contribution in [1.82, 2.24) is 10.6 Å². The molecule has 1 aliphatic heterocycles. The lowest BCUT2D eigenvalue weighted by Gasteiger charge is -2.33. The van der Waals surface area contributed by atoms with E-state index in [2.05, 4.69) is 22.8 Å². The van der Waals surface area contributed by atoms with Crippen molar-refractivity contribution < 1.29 is 4.79 Å². The number of carbonyl (C=O) groups excluding carboxylic acids is 1. The lowest BCUT2D eigenvalue weighted by molar-refractivity contribution is -0.124. The van der Waals surface area contributed by atoms with Crippen LogP contribution in [0.4, 0.5) is 0 Å². The second-order valence-electron chi connectivity index (χ2n) is 4.32. The number of carbonyl (C=O) groups is 1. The molecule has 1 heterocycles. The van der Waals surface area contributed by atoms with Crippen LogP contribution < -0.4 is 10.6 Å². The Hall–Kier alpha value is -1.35. The SMILES string of the molecule is O=C(NC1CNC1)C1Cc2ccccc21. The van der Waals surface area contributed by atoms with Crippen LogP contribution in [0.2, 0.25) is 0 Å². The molecular formula is C12H14N2O. The monoisotopic (exact) mass is 202 g/mol. The number of nitrogens with one attached hydrogen (secondary N) is 2. The molecule has 1 unspecified atom stereocenters. The molecule has 15 heavy (non-hydrogen) atoms. The number of hydrogen-bond acceptors (Lipinski definition) is 2. The molecule has 1 aromatic carbocycles. The third-order valence-electron chi connectivity index (χ3n) is 3.30. The molecule has 2 N–H and O–H groups in total. The van der Waals surface area contributed by atoms with E-state index in [9.17, 15) is 4.79 Å². The van der Waals surface area contributed by atoms with E-state index < -0.39 is 0 Å². The van der Waals surface area contributed by atoms with Gasteiger partial charge in [-0.25, -0.2) is 0 Å². The number of amides is 1. The minimum absolute atomic E-state index is 0.0989. The average Bonchev–Trinajstić information content (AvgIpc) is 2.14. The molecule has 1 fully saturated rings. The lowest BCUT2D eigenvalue weighted by Crippen LogP contribution is -2.58. The van der Waals surface area contributed by atoms with Crippen molar-refractivity contribution in [3.05, 3.63) is 35.4 Å². The molecule has 1 saturated heterocycles. The fraction of sp³-hybridized carbons (Fsp3) is 0.417. The third-order valence-corrected chi connectivity index (χ3v) is 3.30. The van der Waals surface area contributed by atoms with Gasteiger partial charge in [0.15, 0.2) is 0 Å². The summed E-state index contributed by atoms with van der Waals surface area (Å²) in [6.07, 6.45) is 0.905. The number of hydrogen-bond donors (Lipinski definition) is 2. The van der Waals surface area contributed by atoms with Crippen LogP contribution in [0.3, 0.4) is 0 Å². The molecule has 3 rings (SSSR count). The highest BCUT2D eigenvalue weighted by molar-refractivity contribution is 5.87. The molecule has 0 saturated carbocycles. The maximum absolute atomic E-state index is 11.9. The van der Waals surface area contributed by atoms with Crippen molar-refractivity contribution in [1.29, 1.82) is 0 Å². The van der Waals surface area contributed by atoms with Crippen LogP contribution in [0, 0.1) is 0 Å². The van der Waals surface area contributed by atoms with Gasteiger partial charge in [-0.05, 0) is 17.5 Å². The normalized spacial score (nSPS) is 23.6. The highest BCUT2D eigenvalue weighted by atomic mass is 16.2. The molecule has 1 amide bonds. The predicted molar refractivity (Wildman–Crippen MR) is 57.7 cm³/mol. The number of fused-ring (bicyclic) bond motifs is 1. The van der Waals surface area contributed by atoms with Gasteiger partial charge in [-0.3, -0.25) is 4.79 Å². The predicted octanol–water partition coefficient (Wildman–Crippen LogP) is 0.414. The Bertz CT molecular complexity index is 398. The van der Waals surface area contributed by atoms with E-state index >= 15 is 0 Å². The summed E-state index contributed by atoms with van der Waals surface area (Å²) in [5.74, 6) is 0.294. The highest BCUT2D eigenvalue weighted by Crippen LogP contribution is 2.34. The summed E-state index contributed by atoms with van der Waals surface area (Å²) in [4.78, 5) is 11.9. The zero-order valence-corrected chi connectivity index (χ0v) is 8.49. The zero-order valence-electron chi connectivity index (χ0n) is 8.49. The molecule has 0 spiro atoms. The molecule has 3 nitrogen and oxygen atoms in total. The number of rotatable bonds is 2. The van der Waals surface area contributed by atoms with E-state index in [-0.39, 0.29) is 11.8 Å².